The standard InChI is InChI=1S/C12H12ClN3OS2/c13-10-2-1-9(19-10)11-15-8(7-18-11)12(17)16-5-3-14-4-6-16/h1-2,7,14H,3-6H2. The summed E-state index contributed by atoms with van der Waals surface area (Å²) in [4.78, 5) is 19.5. The van der Waals surface area contributed by atoms with Crippen molar-refractivity contribution in [1.82, 2.24) is 15.2 Å². The molecule has 0 bridgehead atoms. The molecule has 0 atom stereocenters. The Kier molecular flexibility index (Phi) is 3.83. The summed E-state index contributed by atoms with van der Waals surface area (Å²) in [6.07, 6.45) is 0. The first-order valence-electron chi connectivity index (χ1n) is 5.95. The van der Waals surface area contributed by atoms with Crippen molar-refractivity contribution in [2.24, 2.45) is 0 Å². The minimum absolute atomic E-state index is 0.0200. The molecule has 0 saturated carbocycles. The predicted molar refractivity (Wildman–Crippen MR) is 79.2 cm³/mol. The van der Waals surface area contributed by atoms with Gasteiger partial charge in [0.25, 0.3) is 5.91 Å². The van der Waals surface area contributed by atoms with Crippen LogP contribution in [0.15, 0.2) is 17.5 Å². The molecule has 19 heavy (non-hydrogen) atoms. The predicted octanol–water partition coefficient (Wildman–Crippen LogP) is 2.57. The van der Waals surface area contributed by atoms with Crippen molar-refractivity contribution in [1.29, 1.82) is 0 Å². The molecule has 1 aliphatic rings. The maximum atomic E-state index is 12.3. The van der Waals surface area contributed by atoms with Gasteiger partial charge in [-0.2, -0.15) is 0 Å². The minimum atomic E-state index is 0.0200. The topological polar surface area (TPSA) is 45.2 Å². The van der Waals surface area contributed by atoms with Crippen molar-refractivity contribution < 1.29 is 4.79 Å². The van der Waals surface area contributed by atoms with Gasteiger partial charge in [0.15, 0.2) is 0 Å². The average molecular weight is 314 g/mol. The van der Waals surface area contributed by atoms with Crippen LogP contribution in [0, 0.1) is 0 Å². The van der Waals surface area contributed by atoms with Gasteiger partial charge in [-0.15, -0.1) is 22.7 Å². The number of rotatable bonds is 2. The number of thiazole rings is 1. The Labute approximate surface area is 124 Å². The van der Waals surface area contributed by atoms with E-state index >= 15 is 0 Å². The van der Waals surface area contributed by atoms with Crippen LogP contribution < -0.4 is 5.32 Å². The first kappa shape index (κ1) is 13.1. The lowest BCUT2D eigenvalue weighted by atomic mass is 10.3. The molecule has 100 valence electrons. The average Bonchev–Trinajstić information content (AvgIpc) is 3.07. The summed E-state index contributed by atoms with van der Waals surface area (Å²) in [6.45, 7) is 3.19. The van der Waals surface area contributed by atoms with E-state index < -0.39 is 0 Å². The second kappa shape index (κ2) is 5.58. The fraction of sp³-hybridized carbons (Fsp3) is 0.333. The molecule has 0 aliphatic carbocycles. The van der Waals surface area contributed by atoms with E-state index in [0.29, 0.717) is 5.69 Å². The van der Waals surface area contributed by atoms with Crippen molar-refractivity contribution in [2.45, 2.75) is 0 Å². The lowest BCUT2D eigenvalue weighted by Gasteiger charge is -2.26. The Balaban J connectivity index is 1.79. The number of nitrogens with zero attached hydrogens (tertiary/aromatic N) is 2. The third kappa shape index (κ3) is 2.81. The van der Waals surface area contributed by atoms with Crippen LogP contribution in [-0.4, -0.2) is 42.0 Å². The third-order valence-corrected chi connectivity index (χ3v) is 5.15. The van der Waals surface area contributed by atoms with Gasteiger partial charge in [0.05, 0.1) is 9.21 Å². The summed E-state index contributed by atoms with van der Waals surface area (Å²) in [5, 5.41) is 5.91. The lowest BCUT2D eigenvalue weighted by molar-refractivity contribution is 0.0731. The molecule has 1 saturated heterocycles. The summed E-state index contributed by atoms with van der Waals surface area (Å²) < 4.78 is 0.736. The van der Waals surface area contributed by atoms with E-state index in [-0.39, 0.29) is 5.91 Å². The van der Waals surface area contributed by atoms with Crippen LogP contribution in [0.4, 0.5) is 0 Å². The molecule has 0 radical (unpaired) electrons. The SMILES string of the molecule is O=C(c1csc(-c2ccc(Cl)s2)n1)N1CCNCC1. The summed E-state index contributed by atoms with van der Waals surface area (Å²) >= 11 is 8.88. The van der Waals surface area contributed by atoms with E-state index in [1.54, 1.807) is 0 Å². The first-order valence-corrected chi connectivity index (χ1v) is 8.03. The van der Waals surface area contributed by atoms with Crippen molar-refractivity contribution in [3.8, 4) is 9.88 Å². The van der Waals surface area contributed by atoms with E-state index in [9.17, 15) is 4.79 Å². The van der Waals surface area contributed by atoms with Gasteiger partial charge in [0.2, 0.25) is 0 Å². The Morgan fingerprint density at radius 2 is 2.16 bits per heavy atom. The molecular formula is C12H12ClN3OS2. The number of carbonyl (C=O) groups excluding carboxylic acids is 1. The van der Waals surface area contributed by atoms with Gasteiger partial charge in [-0.1, -0.05) is 11.6 Å². The van der Waals surface area contributed by atoms with Crippen molar-refractivity contribution in [3.63, 3.8) is 0 Å². The normalized spacial score (nSPS) is 15.7. The minimum Gasteiger partial charge on any atom is -0.335 e. The number of carbonyl (C=O) groups is 1. The summed E-state index contributed by atoms with van der Waals surface area (Å²) in [5.41, 5.74) is 0.534. The summed E-state index contributed by atoms with van der Waals surface area (Å²) in [7, 11) is 0. The van der Waals surface area contributed by atoms with E-state index in [2.05, 4.69) is 10.3 Å². The fourth-order valence-corrected chi connectivity index (χ4v) is 3.85. The molecule has 0 aromatic carbocycles. The van der Waals surface area contributed by atoms with Crippen LogP contribution in [0.2, 0.25) is 4.34 Å². The number of nitrogens with one attached hydrogen (secondary N) is 1. The Morgan fingerprint density at radius 3 is 2.84 bits per heavy atom. The van der Waals surface area contributed by atoms with Gasteiger partial charge in [-0.25, -0.2) is 4.98 Å². The van der Waals surface area contributed by atoms with Crippen LogP contribution in [0.25, 0.3) is 9.88 Å². The van der Waals surface area contributed by atoms with Crippen LogP contribution in [-0.2, 0) is 0 Å². The monoisotopic (exact) mass is 313 g/mol. The number of amides is 1. The van der Waals surface area contributed by atoms with Crippen LogP contribution in [0.5, 0.6) is 0 Å². The van der Waals surface area contributed by atoms with Gasteiger partial charge in [-0.3, -0.25) is 4.79 Å². The van der Waals surface area contributed by atoms with E-state index in [0.717, 1.165) is 40.4 Å². The smallest absolute Gasteiger partial charge is 0.273 e. The van der Waals surface area contributed by atoms with Crippen LogP contribution in [0.3, 0.4) is 0 Å². The molecule has 0 unspecified atom stereocenters. The summed E-state index contributed by atoms with van der Waals surface area (Å²) in [6, 6.07) is 3.78. The lowest BCUT2D eigenvalue weighted by Crippen LogP contribution is -2.46. The highest BCUT2D eigenvalue weighted by Crippen LogP contribution is 2.33. The highest BCUT2D eigenvalue weighted by atomic mass is 35.5. The molecule has 2 aromatic heterocycles. The Morgan fingerprint density at radius 1 is 1.37 bits per heavy atom. The van der Waals surface area contributed by atoms with Gasteiger partial charge in [0, 0.05) is 31.6 Å². The molecule has 0 spiro atoms. The highest BCUT2D eigenvalue weighted by molar-refractivity contribution is 7.23. The zero-order valence-electron chi connectivity index (χ0n) is 10.1. The van der Waals surface area contributed by atoms with Gasteiger partial charge >= 0.3 is 0 Å². The maximum Gasteiger partial charge on any atom is 0.273 e. The zero-order chi connectivity index (χ0) is 13.2. The van der Waals surface area contributed by atoms with Gasteiger partial charge < -0.3 is 10.2 Å². The molecule has 1 aliphatic heterocycles. The molecule has 3 heterocycles. The second-order valence-corrected chi connectivity index (χ2v) is 6.76. The number of aromatic nitrogens is 1. The quantitative estimate of drug-likeness (QED) is 0.927. The number of thiophene rings is 1. The molecule has 3 rings (SSSR count). The number of piperazine rings is 1. The number of hydrogen-bond acceptors (Lipinski definition) is 5. The Hall–Kier alpha value is -0.950. The molecular weight excluding hydrogens is 302 g/mol. The highest BCUT2D eigenvalue weighted by Gasteiger charge is 2.20. The molecule has 2 aromatic rings. The number of halogens is 1. The molecule has 4 nitrogen and oxygen atoms in total. The third-order valence-electron chi connectivity index (χ3n) is 2.91. The largest absolute Gasteiger partial charge is 0.335 e. The van der Waals surface area contributed by atoms with E-state index in [4.69, 9.17) is 11.6 Å². The molecule has 7 heteroatoms. The van der Waals surface area contributed by atoms with E-state index in [1.807, 2.05) is 22.4 Å². The maximum absolute atomic E-state index is 12.3. The zero-order valence-corrected chi connectivity index (χ0v) is 12.4. The second-order valence-electron chi connectivity index (χ2n) is 4.18. The van der Waals surface area contributed by atoms with Gasteiger partial charge in [0.1, 0.15) is 10.7 Å². The molecule has 1 fully saturated rings. The fourth-order valence-electron chi connectivity index (χ4n) is 1.94. The van der Waals surface area contributed by atoms with Crippen LogP contribution >= 0.6 is 34.3 Å². The van der Waals surface area contributed by atoms with Crippen molar-refractivity contribution >= 4 is 40.2 Å². The van der Waals surface area contributed by atoms with Gasteiger partial charge in [-0.05, 0) is 12.1 Å². The Bertz CT molecular complexity index is 589. The van der Waals surface area contributed by atoms with Crippen molar-refractivity contribution in [3.05, 3.63) is 27.5 Å². The van der Waals surface area contributed by atoms with Crippen molar-refractivity contribution in [2.75, 3.05) is 26.2 Å². The summed E-state index contributed by atoms with van der Waals surface area (Å²) in [5.74, 6) is 0.0200. The van der Waals surface area contributed by atoms with E-state index in [1.165, 1.54) is 22.7 Å². The molecule has 1 amide bonds. The molecule has 1 N–H and O–H groups in total. The van der Waals surface area contributed by atoms with Crippen LogP contribution in [0.1, 0.15) is 10.5 Å². The number of hydrogen-bond donors (Lipinski definition) is 1. The first-order chi connectivity index (χ1) is 9.24.